The highest BCUT2D eigenvalue weighted by Gasteiger charge is 2.24. The third-order valence-electron chi connectivity index (χ3n) is 5.14. The van der Waals surface area contributed by atoms with Crippen molar-refractivity contribution in [3.05, 3.63) is 35.9 Å². The Labute approximate surface area is 134 Å². The van der Waals surface area contributed by atoms with E-state index in [-0.39, 0.29) is 0 Å². The topological polar surface area (TPSA) is 23.6 Å². The van der Waals surface area contributed by atoms with Crippen LogP contribution < -0.4 is 0 Å². The second-order valence-corrected chi connectivity index (χ2v) is 6.85. The molecule has 3 nitrogen and oxygen atoms in total. The molecule has 2 fully saturated rings. The highest BCUT2D eigenvalue weighted by atomic mass is 16.2. The number of rotatable bonds is 4. The third-order valence-corrected chi connectivity index (χ3v) is 5.14. The first kappa shape index (κ1) is 15.5. The molecule has 1 aromatic carbocycles. The average Bonchev–Trinajstić information content (AvgIpc) is 2.57. The van der Waals surface area contributed by atoms with Crippen LogP contribution in [0.1, 0.15) is 37.7 Å². The summed E-state index contributed by atoms with van der Waals surface area (Å²) in [5.74, 6) is 1.08. The van der Waals surface area contributed by atoms with Crippen molar-refractivity contribution >= 4 is 5.91 Å². The van der Waals surface area contributed by atoms with Crippen molar-refractivity contribution in [3.63, 3.8) is 0 Å². The number of amides is 1. The predicted octanol–water partition coefficient (Wildman–Crippen LogP) is 2.95. The highest BCUT2D eigenvalue weighted by molar-refractivity contribution is 5.78. The van der Waals surface area contributed by atoms with Crippen LogP contribution in [0.15, 0.2) is 30.3 Å². The number of carbonyl (C=O) groups is 1. The highest BCUT2D eigenvalue weighted by Crippen LogP contribution is 2.22. The van der Waals surface area contributed by atoms with Gasteiger partial charge in [0.2, 0.25) is 5.91 Å². The van der Waals surface area contributed by atoms with E-state index in [1.165, 1.54) is 24.8 Å². The Hall–Kier alpha value is -1.35. The van der Waals surface area contributed by atoms with E-state index in [1.807, 2.05) is 0 Å². The summed E-state index contributed by atoms with van der Waals surface area (Å²) in [5, 5.41) is 0. The van der Waals surface area contributed by atoms with Crippen LogP contribution >= 0.6 is 0 Å². The standard InChI is InChI=1S/C19H28N2O/c22-19(16-20-11-5-2-6-12-20)21-13-9-18(10-14-21)15-17-7-3-1-4-8-17/h1,3-4,7-8,18H,2,5-6,9-16H2. The summed E-state index contributed by atoms with van der Waals surface area (Å²) in [7, 11) is 0. The zero-order valence-electron chi connectivity index (χ0n) is 13.5. The van der Waals surface area contributed by atoms with Crippen molar-refractivity contribution in [2.24, 2.45) is 5.92 Å². The van der Waals surface area contributed by atoms with Gasteiger partial charge in [-0.15, -0.1) is 0 Å². The second kappa shape index (κ2) is 7.77. The molecule has 0 atom stereocenters. The Morgan fingerprint density at radius 3 is 2.32 bits per heavy atom. The molecule has 0 bridgehead atoms. The van der Waals surface area contributed by atoms with Gasteiger partial charge >= 0.3 is 0 Å². The molecule has 0 aliphatic carbocycles. The van der Waals surface area contributed by atoms with Crippen LogP contribution in [0, 0.1) is 5.92 Å². The van der Waals surface area contributed by atoms with Crippen molar-refractivity contribution in [2.45, 2.75) is 38.5 Å². The van der Waals surface area contributed by atoms with Crippen molar-refractivity contribution in [3.8, 4) is 0 Å². The Morgan fingerprint density at radius 1 is 0.955 bits per heavy atom. The fourth-order valence-electron chi connectivity index (χ4n) is 3.74. The van der Waals surface area contributed by atoms with Crippen LogP contribution in [0.3, 0.4) is 0 Å². The molecule has 120 valence electrons. The first-order valence-corrected chi connectivity index (χ1v) is 8.85. The molecule has 0 unspecified atom stereocenters. The molecule has 0 N–H and O–H groups in total. The Balaban J connectivity index is 1.42. The average molecular weight is 300 g/mol. The van der Waals surface area contributed by atoms with Crippen molar-refractivity contribution < 1.29 is 4.79 Å². The Morgan fingerprint density at radius 2 is 1.64 bits per heavy atom. The minimum atomic E-state index is 0.347. The molecule has 22 heavy (non-hydrogen) atoms. The SMILES string of the molecule is O=C(CN1CCCCC1)N1CCC(Cc2ccccc2)CC1. The molecule has 2 heterocycles. The van der Waals surface area contributed by atoms with Gasteiger partial charge in [0, 0.05) is 13.1 Å². The van der Waals surface area contributed by atoms with Gasteiger partial charge in [-0.1, -0.05) is 36.8 Å². The molecule has 1 aromatic rings. The smallest absolute Gasteiger partial charge is 0.236 e. The van der Waals surface area contributed by atoms with Crippen LogP contribution in [0.25, 0.3) is 0 Å². The van der Waals surface area contributed by atoms with E-state index >= 15 is 0 Å². The molecule has 0 radical (unpaired) electrons. The van der Waals surface area contributed by atoms with Crippen LogP contribution in [0.4, 0.5) is 0 Å². The Bertz CT molecular complexity index is 460. The number of carbonyl (C=O) groups excluding carboxylic acids is 1. The Kier molecular flexibility index (Phi) is 5.49. The van der Waals surface area contributed by atoms with Crippen molar-refractivity contribution in [2.75, 3.05) is 32.7 Å². The lowest BCUT2D eigenvalue weighted by molar-refractivity contribution is -0.134. The fraction of sp³-hybridized carbons (Fsp3) is 0.632. The van der Waals surface area contributed by atoms with Crippen LogP contribution in [0.2, 0.25) is 0 Å². The van der Waals surface area contributed by atoms with E-state index in [1.54, 1.807) is 0 Å². The first-order valence-electron chi connectivity index (χ1n) is 8.85. The quantitative estimate of drug-likeness (QED) is 0.853. The number of likely N-dealkylation sites (tertiary alicyclic amines) is 2. The monoisotopic (exact) mass is 300 g/mol. The summed E-state index contributed by atoms with van der Waals surface area (Å²) in [4.78, 5) is 16.8. The number of hydrogen-bond acceptors (Lipinski definition) is 2. The van der Waals surface area contributed by atoms with Gasteiger partial charge in [-0.3, -0.25) is 9.69 Å². The molecule has 2 saturated heterocycles. The summed E-state index contributed by atoms with van der Waals surface area (Å²) < 4.78 is 0. The van der Waals surface area contributed by atoms with Gasteiger partial charge in [0.1, 0.15) is 0 Å². The zero-order valence-corrected chi connectivity index (χ0v) is 13.5. The van der Waals surface area contributed by atoms with Crippen molar-refractivity contribution in [1.29, 1.82) is 0 Å². The summed E-state index contributed by atoms with van der Waals surface area (Å²) in [6, 6.07) is 10.7. The lowest BCUT2D eigenvalue weighted by atomic mass is 9.90. The maximum absolute atomic E-state index is 12.4. The molecule has 1 amide bonds. The summed E-state index contributed by atoms with van der Waals surface area (Å²) in [5.41, 5.74) is 1.43. The summed E-state index contributed by atoms with van der Waals surface area (Å²) >= 11 is 0. The van der Waals surface area contributed by atoms with Gasteiger partial charge in [0.05, 0.1) is 6.54 Å². The normalized spacial score (nSPS) is 21.0. The summed E-state index contributed by atoms with van der Waals surface area (Å²) in [6.07, 6.45) is 7.31. The molecule has 2 aliphatic heterocycles. The van der Waals surface area contributed by atoms with Crippen LogP contribution in [-0.4, -0.2) is 48.4 Å². The van der Waals surface area contributed by atoms with E-state index in [2.05, 4.69) is 40.1 Å². The molecular weight excluding hydrogens is 272 g/mol. The maximum Gasteiger partial charge on any atom is 0.236 e. The summed E-state index contributed by atoms with van der Waals surface area (Å²) in [6.45, 7) is 4.75. The lowest BCUT2D eigenvalue weighted by Crippen LogP contribution is -2.45. The van der Waals surface area contributed by atoms with Crippen LogP contribution in [0.5, 0.6) is 0 Å². The van der Waals surface area contributed by atoms with E-state index in [4.69, 9.17) is 0 Å². The molecule has 3 rings (SSSR count). The molecule has 3 heteroatoms. The second-order valence-electron chi connectivity index (χ2n) is 6.85. The van der Waals surface area contributed by atoms with E-state index in [0.717, 1.165) is 51.4 Å². The maximum atomic E-state index is 12.4. The van der Waals surface area contributed by atoms with E-state index < -0.39 is 0 Å². The van der Waals surface area contributed by atoms with Gasteiger partial charge < -0.3 is 4.90 Å². The number of piperidine rings is 2. The van der Waals surface area contributed by atoms with Gasteiger partial charge in [-0.05, 0) is 56.7 Å². The fourth-order valence-corrected chi connectivity index (χ4v) is 3.74. The van der Waals surface area contributed by atoms with Gasteiger partial charge in [-0.2, -0.15) is 0 Å². The number of hydrogen-bond donors (Lipinski definition) is 0. The minimum Gasteiger partial charge on any atom is -0.342 e. The van der Waals surface area contributed by atoms with Crippen molar-refractivity contribution in [1.82, 2.24) is 9.80 Å². The molecule has 0 saturated carbocycles. The molecule has 0 aromatic heterocycles. The molecule has 2 aliphatic rings. The minimum absolute atomic E-state index is 0.347. The van der Waals surface area contributed by atoms with Crippen LogP contribution in [-0.2, 0) is 11.2 Å². The van der Waals surface area contributed by atoms with E-state index in [9.17, 15) is 4.79 Å². The van der Waals surface area contributed by atoms with Gasteiger partial charge in [-0.25, -0.2) is 0 Å². The predicted molar refractivity (Wildman–Crippen MR) is 89.7 cm³/mol. The first-order chi connectivity index (χ1) is 10.8. The van der Waals surface area contributed by atoms with E-state index in [0.29, 0.717) is 12.5 Å². The molecule has 0 spiro atoms. The lowest BCUT2D eigenvalue weighted by Gasteiger charge is -2.34. The molecular formula is C19H28N2O. The van der Waals surface area contributed by atoms with Gasteiger partial charge in [0.15, 0.2) is 0 Å². The third kappa shape index (κ3) is 4.33. The van der Waals surface area contributed by atoms with Gasteiger partial charge in [0.25, 0.3) is 0 Å². The number of nitrogens with zero attached hydrogens (tertiary/aromatic N) is 2. The zero-order chi connectivity index (χ0) is 15.2. The largest absolute Gasteiger partial charge is 0.342 e. The number of benzene rings is 1.